The molecule has 3 rings (SSSR count). The Hall–Kier alpha value is -1.33. The second kappa shape index (κ2) is 8.36. The largest absolute Gasteiger partial charge is 0.263 e. The maximum absolute atomic E-state index is 12.6. The summed E-state index contributed by atoms with van der Waals surface area (Å²) in [4.78, 5) is 4.26. The van der Waals surface area contributed by atoms with Crippen LogP contribution in [0.15, 0.2) is 63.1 Å². The predicted molar refractivity (Wildman–Crippen MR) is 105 cm³/mol. The molecule has 1 N–H and O–H groups in total. The fraction of sp³-hybridized carbons (Fsp3) is 0.353. The number of nitrogens with zero attached hydrogens (tertiary/aromatic N) is 2. The van der Waals surface area contributed by atoms with Crippen molar-refractivity contribution in [2.45, 2.75) is 22.6 Å². The number of halogens is 1. The molecule has 0 radical (unpaired) electrons. The van der Waals surface area contributed by atoms with Gasteiger partial charge in [0.15, 0.2) is 0 Å². The Labute approximate surface area is 168 Å². The summed E-state index contributed by atoms with van der Waals surface area (Å²) in [7, 11) is -7.12. The molecule has 0 amide bonds. The number of rotatable bonds is 6. The third-order valence-electron chi connectivity index (χ3n) is 4.53. The lowest BCUT2D eigenvalue weighted by Crippen LogP contribution is -2.41. The quantitative estimate of drug-likeness (QED) is 0.693. The van der Waals surface area contributed by atoms with Crippen LogP contribution in [0, 0.1) is 5.92 Å². The van der Waals surface area contributed by atoms with Crippen LogP contribution in [0.4, 0.5) is 0 Å². The maximum atomic E-state index is 12.6. The van der Waals surface area contributed by atoms with E-state index in [9.17, 15) is 16.8 Å². The van der Waals surface area contributed by atoms with Crippen LogP contribution in [-0.2, 0) is 20.0 Å². The number of piperidine rings is 1. The third kappa shape index (κ3) is 4.94. The van der Waals surface area contributed by atoms with Crippen LogP contribution in [0.1, 0.15) is 12.8 Å². The molecule has 0 unspecified atom stereocenters. The normalized spacial score (nSPS) is 17.1. The summed E-state index contributed by atoms with van der Waals surface area (Å²) in [6, 6.07) is 9.55. The topological polar surface area (TPSA) is 96.4 Å². The van der Waals surface area contributed by atoms with Crippen LogP contribution in [0.5, 0.6) is 0 Å². The Morgan fingerprint density at radius 1 is 1.04 bits per heavy atom. The Balaban J connectivity index is 1.56. The predicted octanol–water partition coefficient (Wildman–Crippen LogP) is 2.22. The van der Waals surface area contributed by atoms with Crippen molar-refractivity contribution in [2.75, 3.05) is 19.6 Å². The Morgan fingerprint density at radius 2 is 1.70 bits per heavy atom. The highest BCUT2D eigenvalue weighted by molar-refractivity contribution is 9.10. The highest BCUT2D eigenvalue weighted by Crippen LogP contribution is 2.23. The summed E-state index contributed by atoms with van der Waals surface area (Å²) in [6.07, 6.45) is 4.07. The van der Waals surface area contributed by atoms with Crippen molar-refractivity contribution in [3.8, 4) is 0 Å². The van der Waals surface area contributed by atoms with E-state index in [4.69, 9.17) is 0 Å². The second-order valence-corrected chi connectivity index (χ2v) is 11.0. The van der Waals surface area contributed by atoms with Gasteiger partial charge in [0, 0.05) is 36.5 Å². The van der Waals surface area contributed by atoms with Crippen molar-refractivity contribution < 1.29 is 16.8 Å². The molecule has 1 fully saturated rings. The van der Waals surface area contributed by atoms with Gasteiger partial charge in [-0.3, -0.25) is 4.98 Å². The first-order valence-corrected chi connectivity index (χ1v) is 12.2. The summed E-state index contributed by atoms with van der Waals surface area (Å²) < 4.78 is 54.8. The first kappa shape index (κ1) is 20.4. The molecule has 1 saturated heterocycles. The number of hydrogen-bond donors (Lipinski definition) is 1. The van der Waals surface area contributed by atoms with E-state index in [1.165, 1.54) is 34.9 Å². The average molecular weight is 474 g/mol. The van der Waals surface area contributed by atoms with Gasteiger partial charge >= 0.3 is 0 Å². The lowest BCUT2D eigenvalue weighted by molar-refractivity contribution is 0.274. The average Bonchev–Trinajstić information content (AvgIpc) is 2.68. The minimum atomic E-state index is -3.57. The van der Waals surface area contributed by atoms with Gasteiger partial charge in [-0.15, -0.1) is 0 Å². The monoisotopic (exact) mass is 473 g/mol. The molecule has 0 aliphatic carbocycles. The Kier molecular flexibility index (Phi) is 6.32. The standard InChI is InChI=1S/C17H20BrN3O4S2/c18-15-3-5-16(6-4-15)26(22,23)20-12-14-7-10-21(11-8-14)27(24,25)17-2-1-9-19-13-17/h1-6,9,13-14,20H,7-8,10-12H2. The summed E-state index contributed by atoms with van der Waals surface area (Å²) in [5, 5.41) is 0. The fourth-order valence-electron chi connectivity index (χ4n) is 2.93. The third-order valence-corrected chi connectivity index (χ3v) is 8.38. The highest BCUT2D eigenvalue weighted by atomic mass is 79.9. The van der Waals surface area contributed by atoms with Gasteiger partial charge in [0.1, 0.15) is 4.90 Å². The molecule has 2 heterocycles. The number of pyridine rings is 1. The second-order valence-electron chi connectivity index (χ2n) is 6.34. The number of benzene rings is 1. The first-order chi connectivity index (χ1) is 12.8. The number of nitrogens with one attached hydrogen (secondary N) is 1. The molecule has 1 aromatic heterocycles. The summed E-state index contributed by atoms with van der Waals surface area (Å²) in [5.74, 6) is 0.0931. The van der Waals surface area contributed by atoms with Crippen LogP contribution >= 0.6 is 15.9 Å². The molecular weight excluding hydrogens is 454 g/mol. The molecule has 27 heavy (non-hydrogen) atoms. The molecule has 7 nitrogen and oxygen atoms in total. The Morgan fingerprint density at radius 3 is 2.30 bits per heavy atom. The SMILES string of the molecule is O=S(=O)(NCC1CCN(S(=O)(=O)c2cccnc2)CC1)c1ccc(Br)cc1. The van der Waals surface area contributed by atoms with Crippen molar-refractivity contribution >= 4 is 36.0 Å². The minimum Gasteiger partial charge on any atom is -0.263 e. The lowest BCUT2D eigenvalue weighted by atomic mass is 9.99. The van der Waals surface area contributed by atoms with Gasteiger partial charge in [0.2, 0.25) is 20.0 Å². The summed E-state index contributed by atoms with van der Waals surface area (Å²) in [6.45, 7) is 1.02. The van der Waals surface area contributed by atoms with Crippen molar-refractivity contribution in [1.82, 2.24) is 14.0 Å². The van der Waals surface area contributed by atoms with Gasteiger partial charge in [-0.25, -0.2) is 21.6 Å². The molecule has 1 aromatic carbocycles. The number of hydrogen-bond acceptors (Lipinski definition) is 5. The Bertz CT molecular complexity index is 973. The molecule has 1 aliphatic heterocycles. The van der Waals surface area contributed by atoms with Gasteiger partial charge in [0.05, 0.1) is 4.90 Å². The van der Waals surface area contributed by atoms with Crippen molar-refractivity contribution in [3.05, 3.63) is 53.3 Å². The highest BCUT2D eigenvalue weighted by Gasteiger charge is 2.30. The fourth-order valence-corrected chi connectivity index (χ4v) is 5.74. The van der Waals surface area contributed by atoms with Crippen molar-refractivity contribution in [1.29, 1.82) is 0 Å². The molecular formula is C17H20BrN3O4S2. The van der Waals surface area contributed by atoms with Gasteiger partial charge in [-0.05, 0) is 55.2 Å². The number of aromatic nitrogens is 1. The zero-order valence-corrected chi connectivity index (χ0v) is 17.7. The van der Waals surface area contributed by atoms with Crippen LogP contribution < -0.4 is 4.72 Å². The van der Waals surface area contributed by atoms with Crippen LogP contribution in [-0.4, -0.2) is 45.8 Å². The maximum Gasteiger partial charge on any atom is 0.244 e. The lowest BCUT2D eigenvalue weighted by Gasteiger charge is -2.31. The van der Waals surface area contributed by atoms with Crippen LogP contribution in [0.25, 0.3) is 0 Å². The van der Waals surface area contributed by atoms with E-state index in [2.05, 4.69) is 25.6 Å². The molecule has 10 heteroatoms. The smallest absolute Gasteiger partial charge is 0.244 e. The van der Waals surface area contributed by atoms with E-state index in [1.807, 2.05) is 0 Å². The zero-order chi connectivity index (χ0) is 19.5. The van der Waals surface area contributed by atoms with E-state index in [0.29, 0.717) is 32.5 Å². The van der Waals surface area contributed by atoms with Gasteiger partial charge in [0.25, 0.3) is 0 Å². The number of sulfonamides is 2. The van der Waals surface area contributed by atoms with Crippen molar-refractivity contribution in [2.24, 2.45) is 5.92 Å². The summed E-state index contributed by atoms with van der Waals surface area (Å²) >= 11 is 3.28. The van der Waals surface area contributed by atoms with E-state index in [0.717, 1.165) is 4.47 Å². The van der Waals surface area contributed by atoms with Gasteiger partial charge < -0.3 is 0 Å². The van der Waals surface area contributed by atoms with E-state index < -0.39 is 20.0 Å². The van der Waals surface area contributed by atoms with E-state index >= 15 is 0 Å². The van der Waals surface area contributed by atoms with Gasteiger partial charge in [-0.1, -0.05) is 15.9 Å². The van der Waals surface area contributed by atoms with E-state index in [1.54, 1.807) is 18.2 Å². The zero-order valence-electron chi connectivity index (χ0n) is 14.5. The molecule has 0 atom stereocenters. The molecule has 2 aromatic rings. The minimum absolute atomic E-state index is 0.0931. The summed E-state index contributed by atoms with van der Waals surface area (Å²) in [5.41, 5.74) is 0. The molecule has 0 spiro atoms. The molecule has 146 valence electrons. The molecule has 0 bridgehead atoms. The van der Waals surface area contributed by atoms with Crippen molar-refractivity contribution in [3.63, 3.8) is 0 Å². The molecule has 1 aliphatic rings. The first-order valence-electron chi connectivity index (χ1n) is 8.44. The van der Waals surface area contributed by atoms with Gasteiger partial charge in [-0.2, -0.15) is 4.31 Å². The van der Waals surface area contributed by atoms with E-state index in [-0.39, 0.29) is 15.7 Å². The van der Waals surface area contributed by atoms with Crippen LogP contribution in [0.2, 0.25) is 0 Å². The molecule has 0 saturated carbocycles. The van der Waals surface area contributed by atoms with Crippen LogP contribution in [0.3, 0.4) is 0 Å².